The molecule has 10 heteroatoms. The van der Waals surface area contributed by atoms with Crippen LogP contribution in [0.5, 0.6) is 0 Å². The number of carbonyl (C=O) groups is 2. The van der Waals surface area contributed by atoms with E-state index in [9.17, 15) is 26.8 Å². The first-order chi connectivity index (χ1) is 15.7. The Balaban J connectivity index is 1.73. The number of sulfone groups is 1. The summed E-state index contributed by atoms with van der Waals surface area (Å²) in [6, 6.07) is 15.1. The van der Waals surface area contributed by atoms with Crippen molar-refractivity contribution in [2.75, 3.05) is 15.6 Å². The van der Waals surface area contributed by atoms with Gasteiger partial charge < -0.3 is 4.90 Å². The number of para-hydroxylation sites is 1. The monoisotopic (exact) mass is 488 g/mol. The van der Waals surface area contributed by atoms with Gasteiger partial charge in [-0.05, 0) is 42.0 Å². The van der Waals surface area contributed by atoms with Gasteiger partial charge in [0.2, 0.25) is 5.91 Å². The molecule has 1 spiro atoms. The van der Waals surface area contributed by atoms with Crippen molar-refractivity contribution in [2.24, 2.45) is 0 Å². The first-order valence-corrected chi connectivity index (χ1v) is 11.9. The predicted molar refractivity (Wildman–Crippen MR) is 118 cm³/mol. The highest BCUT2D eigenvalue weighted by Crippen LogP contribution is 2.53. The molecule has 0 unspecified atom stereocenters. The van der Waals surface area contributed by atoms with Gasteiger partial charge in [-0.1, -0.05) is 41.9 Å². The summed E-state index contributed by atoms with van der Waals surface area (Å²) in [6.45, 7) is -0.0421. The first-order valence-electron chi connectivity index (χ1n) is 9.83. The van der Waals surface area contributed by atoms with Crippen LogP contribution in [0.25, 0.3) is 0 Å². The van der Waals surface area contributed by atoms with Crippen LogP contribution in [0.15, 0.2) is 66.7 Å². The van der Waals surface area contributed by atoms with E-state index >= 15 is 0 Å². The molecule has 3 aromatic carbocycles. The van der Waals surface area contributed by atoms with Crippen molar-refractivity contribution in [3.8, 4) is 0 Å². The van der Waals surface area contributed by atoms with E-state index in [1.807, 2.05) is 0 Å². The zero-order valence-corrected chi connectivity index (χ0v) is 18.4. The Bertz CT molecular complexity index is 1430. The average molecular weight is 489 g/mol. The van der Waals surface area contributed by atoms with Crippen LogP contribution in [0.3, 0.4) is 0 Å². The highest BCUT2D eigenvalue weighted by Gasteiger charge is 2.69. The van der Waals surface area contributed by atoms with E-state index in [1.165, 1.54) is 41.3 Å². The molecule has 168 valence electrons. The number of halogens is 3. The second-order valence-corrected chi connectivity index (χ2v) is 10.3. The van der Waals surface area contributed by atoms with Crippen LogP contribution in [0.4, 0.5) is 20.2 Å². The zero-order valence-electron chi connectivity index (χ0n) is 16.8. The lowest BCUT2D eigenvalue weighted by Gasteiger charge is -2.32. The minimum Gasteiger partial charge on any atom is -0.304 e. The van der Waals surface area contributed by atoms with Crippen molar-refractivity contribution in [1.29, 1.82) is 0 Å². The molecule has 2 aliphatic heterocycles. The lowest BCUT2D eigenvalue weighted by Crippen LogP contribution is -2.54. The van der Waals surface area contributed by atoms with Gasteiger partial charge in [0.05, 0.1) is 17.3 Å². The SMILES string of the molecule is O=C1CS(=O)(=O)[C@@]2(C(=O)N(Cc3ccc(F)cc3)c3ccccc32)N1c1ccc(F)c(Cl)c1. The summed E-state index contributed by atoms with van der Waals surface area (Å²) in [5.74, 6) is -3.78. The normalized spacial score (nSPS) is 21.2. The fourth-order valence-corrected chi connectivity index (χ4v) is 6.65. The van der Waals surface area contributed by atoms with Crippen molar-refractivity contribution in [3.05, 3.63) is 94.5 Å². The Hall–Kier alpha value is -3.30. The fraction of sp³-hybridized carbons (Fsp3) is 0.130. The lowest BCUT2D eigenvalue weighted by atomic mass is 10.0. The second-order valence-electron chi connectivity index (χ2n) is 7.77. The van der Waals surface area contributed by atoms with E-state index in [4.69, 9.17) is 11.6 Å². The van der Waals surface area contributed by atoms with Gasteiger partial charge in [0.25, 0.3) is 10.8 Å². The van der Waals surface area contributed by atoms with Gasteiger partial charge in [-0.2, -0.15) is 0 Å². The van der Waals surface area contributed by atoms with Gasteiger partial charge in [0.1, 0.15) is 17.4 Å². The lowest BCUT2D eigenvalue weighted by molar-refractivity contribution is -0.123. The molecule has 1 atom stereocenters. The number of nitrogens with zero attached hydrogens (tertiary/aromatic N) is 2. The van der Waals surface area contributed by atoms with E-state index in [2.05, 4.69) is 0 Å². The summed E-state index contributed by atoms with van der Waals surface area (Å²) < 4.78 is 54.1. The van der Waals surface area contributed by atoms with Crippen molar-refractivity contribution >= 4 is 44.6 Å². The van der Waals surface area contributed by atoms with Crippen LogP contribution in [-0.2, 0) is 30.8 Å². The van der Waals surface area contributed by atoms with Crippen molar-refractivity contribution < 1.29 is 26.8 Å². The van der Waals surface area contributed by atoms with E-state index in [0.29, 0.717) is 11.3 Å². The molecule has 0 aliphatic carbocycles. The van der Waals surface area contributed by atoms with Gasteiger partial charge >= 0.3 is 0 Å². The van der Waals surface area contributed by atoms with Gasteiger partial charge in [-0.25, -0.2) is 17.2 Å². The molecule has 0 radical (unpaired) electrons. The maximum atomic E-state index is 13.9. The summed E-state index contributed by atoms with van der Waals surface area (Å²) in [6.07, 6.45) is 0. The Morgan fingerprint density at radius 2 is 1.67 bits per heavy atom. The standard InChI is InChI=1S/C23H15ClF2N2O4S/c24-18-11-16(9-10-19(18)26)28-21(29)13-33(31,32)23(28)17-3-1-2-4-20(17)27(22(23)30)12-14-5-7-15(25)8-6-14/h1-11H,12-13H2/t23-/m0/s1. The van der Waals surface area contributed by atoms with Gasteiger partial charge in [0.15, 0.2) is 9.84 Å². The Kier molecular flexibility index (Phi) is 4.80. The van der Waals surface area contributed by atoms with Crippen molar-refractivity contribution in [1.82, 2.24) is 0 Å². The zero-order chi connectivity index (χ0) is 23.5. The summed E-state index contributed by atoms with van der Waals surface area (Å²) in [5, 5.41) is -0.318. The molecule has 2 heterocycles. The number of fused-ring (bicyclic) bond motifs is 2. The van der Waals surface area contributed by atoms with Gasteiger partial charge in [-0.3, -0.25) is 14.5 Å². The molecule has 5 rings (SSSR count). The number of carbonyl (C=O) groups excluding carboxylic acids is 2. The van der Waals surface area contributed by atoms with Crippen LogP contribution >= 0.6 is 11.6 Å². The highest BCUT2D eigenvalue weighted by atomic mass is 35.5. The number of hydrogen-bond acceptors (Lipinski definition) is 4. The molecule has 0 N–H and O–H groups in total. The molecule has 6 nitrogen and oxygen atoms in total. The number of amides is 2. The third-order valence-electron chi connectivity index (χ3n) is 5.84. The van der Waals surface area contributed by atoms with Crippen LogP contribution in [0.1, 0.15) is 11.1 Å². The predicted octanol–water partition coefficient (Wildman–Crippen LogP) is 3.78. The van der Waals surface area contributed by atoms with Gasteiger partial charge in [0, 0.05) is 11.3 Å². The Morgan fingerprint density at radius 3 is 2.36 bits per heavy atom. The number of hydrogen-bond donors (Lipinski definition) is 0. The maximum absolute atomic E-state index is 13.9. The van der Waals surface area contributed by atoms with Crippen LogP contribution < -0.4 is 9.80 Å². The minimum atomic E-state index is -4.36. The summed E-state index contributed by atoms with van der Waals surface area (Å²) in [4.78, 5) is 26.7. The van der Waals surface area contributed by atoms with E-state index < -0.39 is 43.9 Å². The minimum absolute atomic E-state index is 0.0146. The fourth-order valence-electron chi connectivity index (χ4n) is 4.45. The third kappa shape index (κ3) is 2.99. The molecule has 0 bridgehead atoms. The van der Waals surface area contributed by atoms with E-state index in [-0.39, 0.29) is 22.8 Å². The van der Waals surface area contributed by atoms with Crippen LogP contribution in [0, 0.1) is 11.6 Å². The van der Waals surface area contributed by atoms with Crippen molar-refractivity contribution in [3.63, 3.8) is 0 Å². The largest absolute Gasteiger partial charge is 0.304 e. The first kappa shape index (κ1) is 21.5. The summed E-state index contributed by atoms with van der Waals surface area (Å²) in [7, 11) is -4.36. The van der Waals surface area contributed by atoms with Gasteiger partial charge in [-0.15, -0.1) is 0 Å². The molecule has 2 aliphatic rings. The summed E-state index contributed by atoms with van der Waals surface area (Å²) in [5.41, 5.74) is 0.973. The molecule has 0 aromatic heterocycles. The Morgan fingerprint density at radius 1 is 0.970 bits per heavy atom. The Labute approximate surface area is 192 Å². The topological polar surface area (TPSA) is 74.8 Å². The van der Waals surface area contributed by atoms with Crippen molar-refractivity contribution in [2.45, 2.75) is 11.4 Å². The quantitative estimate of drug-likeness (QED) is 0.562. The maximum Gasteiger partial charge on any atom is 0.274 e. The average Bonchev–Trinajstić information content (AvgIpc) is 3.14. The molecular weight excluding hydrogens is 474 g/mol. The third-order valence-corrected chi connectivity index (χ3v) is 8.23. The smallest absolute Gasteiger partial charge is 0.274 e. The molecule has 2 amide bonds. The number of rotatable bonds is 3. The molecule has 3 aromatic rings. The number of benzene rings is 3. The highest BCUT2D eigenvalue weighted by molar-refractivity contribution is 7.94. The molecule has 33 heavy (non-hydrogen) atoms. The molecule has 1 fully saturated rings. The molecule has 1 saturated heterocycles. The second kappa shape index (κ2) is 7.36. The molecular formula is C23H15ClF2N2O4S. The van der Waals surface area contributed by atoms with Crippen LogP contribution in [0.2, 0.25) is 5.02 Å². The van der Waals surface area contributed by atoms with E-state index in [1.54, 1.807) is 18.2 Å². The molecule has 0 saturated carbocycles. The van der Waals surface area contributed by atoms with E-state index in [0.717, 1.165) is 17.0 Å². The van der Waals surface area contributed by atoms with Crippen LogP contribution in [-0.4, -0.2) is 26.0 Å². The number of anilines is 2. The summed E-state index contributed by atoms with van der Waals surface area (Å²) >= 11 is 5.90.